The summed E-state index contributed by atoms with van der Waals surface area (Å²) in [6, 6.07) is 18.6. The lowest BCUT2D eigenvalue weighted by Crippen LogP contribution is -2.58. The molecule has 15 heteroatoms. The lowest BCUT2D eigenvalue weighted by Gasteiger charge is -2.47. The van der Waals surface area contributed by atoms with Gasteiger partial charge in [-0.1, -0.05) is 68.4 Å². The highest BCUT2D eigenvalue weighted by molar-refractivity contribution is 7.09. The van der Waals surface area contributed by atoms with Crippen molar-refractivity contribution in [2.45, 2.75) is 77.0 Å². The van der Waals surface area contributed by atoms with E-state index in [4.69, 9.17) is 14.2 Å². The number of amides is 3. The minimum Gasteiger partial charge on any atom is -0.506 e. The van der Waals surface area contributed by atoms with Crippen LogP contribution in [0.1, 0.15) is 89.7 Å². The molecule has 7 rings (SSSR count). The Hall–Kier alpha value is -4.93. The molecule has 3 amide bonds. The Morgan fingerprint density at radius 3 is 2.56 bits per heavy atom. The molecule has 332 valence electrons. The van der Waals surface area contributed by atoms with E-state index in [-0.39, 0.29) is 67.5 Å². The summed E-state index contributed by atoms with van der Waals surface area (Å²) in [5.74, 6) is 0.127. The molecule has 3 aliphatic rings. The third-order valence-electron chi connectivity index (χ3n) is 12.1. The number of phenols is 1. The van der Waals surface area contributed by atoms with Crippen molar-refractivity contribution < 1.29 is 38.1 Å². The fraction of sp³-hybridized carbons (Fsp3) is 0.489. The average Bonchev–Trinajstić information content (AvgIpc) is 3.79. The number of likely N-dealkylation sites (tertiary alicyclic amines) is 1. The van der Waals surface area contributed by atoms with Crippen LogP contribution in [0.15, 0.2) is 66.0 Å². The van der Waals surface area contributed by atoms with Crippen molar-refractivity contribution in [1.29, 1.82) is 0 Å². The van der Waals surface area contributed by atoms with Gasteiger partial charge in [0.2, 0.25) is 5.91 Å². The monoisotopic (exact) mass is 870 g/mol. The molecule has 0 saturated carbocycles. The van der Waals surface area contributed by atoms with Crippen LogP contribution < -0.4 is 15.4 Å². The summed E-state index contributed by atoms with van der Waals surface area (Å²) >= 11 is 1.53. The van der Waals surface area contributed by atoms with Crippen LogP contribution in [-0.2, 0) is 38.4 Å². The fourth-order valence-electron chi connectivity index (χ4n) is 8.43. The molecular formula is C47H59FN6O7S. The van der Waals surface area contributed by atoms with E-state index in [9.17, 15) is 19.5 Å². The Morgan fingerprint density at radius 1 is 1.00 bits per heavy atom. The van der Waals surface area contributed by atoms with Gasteiger partial charge >= 0.3 is 0 Å². The van der Waals surface area contributed by atoms with Crippen molar-refractivity contribution in [3.8, 4) is 11.5 Å². The minimum atomic E-state index is -0.400. The summed E-state index contributed by atoms with van der Waals surface area (Å²) in [6.45, 7) is 11.8. The molecule has 3 aromatic carbocycles. The average molecular weight is 871 g/mol. The molecule has 62 heavy (non-hydrogen) atoms. The van der Waals surface area contributed by atoms with Gasteiger partial charge in [0.05, 0.1) is 49.4 Å². The van der Waals surface area contributed by atoms with Gasteiger partial charge < -0.3 is 39.8 Å². The highest BCUT2D eigenvalue weighted by atomic mass is 32.1. The van der Waals surface area contributed by atoms with E-state index < -0.39 is 5.60 Å². The molecule has 2 saturated heterocycles. The van der Waals surface area contributed by atoms with E-state index in [1.165, 1.54) is 11.3 Å². The van der Waals surface area contributed by atoms with Gasteiger partial charge in [0.25, 0.3) is 11.8 Å². The summed E-state index contributed by atoms with van der Waals surface area (Å²) in [7, 11) is 0. The Morgan fingerprint density at radius 2 is 1.79 bits per heavy atom. The highest BCUT2D eigenvalue weighted by Crippen LogP contribution is 2.39. The first kappa shape index (κ1) is 45.1. The number of ether oxygens (including phenoxy) is 3. The zero-order valence-electron chi connectivity index (χ0n) is 36.0. The number of piperidine rings is 1. The maximum atomic E-state index is 15.8. The third kappa shape index (κ3) is 11.2. The van der Waals surface area contributed by atoms with Crippen LogP contribution in [0.3, 0.4) is 0 Å². The number of aromatic hydroxyl groups is 1. The van der Waals surface area contributed by atoms with Crippen molar-refractivity contribution in [3.05, 3.63) is 105 Å². The van der Waals surface area contributed by atoms with Crippen molar-refractivity contribution in [2.24, 2.45) is 0 Å². The summed E-state index contributed by atoms with van der Waals surface area (Å²) < 4.78 is 33.7. The summed E-state index contributed by atoms with van der Waals surface area (Å²) in [6.07, 6.45) is 2.71. The van der Waals surface area contributed by atoms with Gasteiger partial charge in [-0.15, -0.1) is 11.3 Å². The second-order valence-corrected chi connectivity index (χ2v) is 17.6. The molecule has 1 unspecified atom stereocenters. The molecule has 4 aromatic rings. The molecule has 3 aliphatic heterocycles. The van der Waals surface area contributed by atoms with Crippen LogP contribution in [0.25, 0.3) is 0 Å². The van der Waals surface area contributed by atoms with Gasteiger partial charge in [0.15, 0.2) is 12.4 Å². The number of anilines is 1. The molecule has 1 atom stereocenters. The molecule has 0 radical (unpaired) electrons. The number of morpholine rings is 1. The number of rotatable bonds is 18. The number of nitrogens with zero attached hydrogens (tertiary/aromatic N) is 4. The number of halogens is 1. The van der Waals surface area contributed by atoms with Crippen LogP contribution in [0.4, 0.5) is 10.1 Å². The second kappa shape index (κ2) is 21.0. The Balaban J connectivity index is 0.849. The van der Waals surface area contributed by atoms with E-state index in [1.54, 1.807) is 18.2 Å². The number of aromatic nitrogens is 1. The Labute approximate surface area is 367 Å². The Bertz CT molecular complexity index is 2160. The van der Waals surface area contributed by atoms with E-state index in [2.05, 4.69) is 34.4 Å². The summed E-state index contributed by atoms with van der Waals surface area (Å²) in [4.78, 5) is 49.3. The minimum absolute atomic E-state index is 0.0333. The number of carbonyl (C=O) groups excluding carboxylic acids is 3. The maximum absolute atomic E-state index is 15.8. The number of hydrogen-bond donors (Lipinski definition) is 3. The first-order valence-corrected chi connectivity index (χ1v) is 22.7. The smallest absolute Gasteiger partial charge is 0.273 e. The number of benzene rings is 3. The van der Waals surface area contributed by atoms with Gasteiger partial charge in [-0.05, 0) is 61.9 Å². The second-order valence-electron chi connectivity index (χ2n) is 16.7. The zero-order valence-corrected chi connectivity index (χ0v) is 36.8. The molecule has 0 bridgehead atoms. The lowest BCUT2D eigenvalue weighted by molar-refractivity contribution is -0.134. The van der Waals surface area contributed by atoms with E-state index in [1.807, 2.05) is 64.6 Å². The predicted molar refractivity (Wildman–Crippen MR) is 236 cm³/mol. The van der Waals surface area contributed by atoms with Crippen LogP contribution in [0, 0.1) is 5.82 Å². The molecule has 1 aromatic heterocycles. The Kier molecular flexibility index (Phi) is 15.2. The van der Waals surface area contributed by atoms with Gasteiger partial charge in [0, 0.05) is 56.1 Å². The molecule has 0 aliphatic carbocycles. The maximum Gasteiger partial charge on any atom is 0.273 e. The van der Waals surface area contributed by atoms with E-state index in [0.717, 1.165) is 42.1 Å². The highest BCUT2D eigenvalue weighted by Gasteiger charge is 2.41. The molecular weight excluding hydrogens is 812 g/mol. The van der Waals surface area contributed by atoms with E-state index in [0.29, 0.717) is 87.0 Å². The SMILES string of the molecule is CC(C)c1nc(C(=O)N2CCOC3(CCN(Cc4cccc(CCOCCC(=O)N(CCNCCc5ccc(O)c6c5OCC(=O)N6)C(C)c5ccccc5)c4F)CC3)C2)cs1. The number of carbonyl (C=O) groups is 3. The lowest BCUT2D eigenvalue weighted by atomic mass is 9.89. The predicted octanol–water partition coefficient (Wildman–Crippen LogP) is 6.32. The third-order valence-corrected chi connectivity index (χ3v) is 13.2. The van der Waals surface area contributed by atoms with Crippen molar-refractivity contribution in [2.75, 3.05) is 77.6 Å². The van der Waals surface area contributed by atoms with Crippen LogP contribution in [-0.4, -0.2) is 120 Å². The van der Waals surface area contributed by atoms with Crippen molar-refractivity contribution >= 4 is 34.7 Å². The van der Waals surface area contributed by atoms with Gasteiger partial charge in [0.1, 0.15) is 22.9 Å². The van der Waals surface area contributed by atoms with Crippen LogP contribution in [0.2, 0.25) is 0 Å². The van der Waals surface area contributed by atoms with E-state index >= 15 is 4.39 Å². The largest absolute Gasteiger partial charge is 0.506 e. The number of fused-ring (bicyclic) bond motifs is 1. The number of phenolic OH excluding ortho intramolecular Hbond substituents is 1. The van der Waals surface area contributed by atoms with Crippen LogP contribution in [0.5, 0.6) is 11.5 Å². The van der Waals surface area contributed by atoms with Gasteiger partial charge in [-0.3, -0.25) is 19.3 Å². The molecule has 3 N–H and O–H groups in total. The van der Waals surface area contributed by atoms with Gasteiger partial charge in [-0.25, -0.2) is 9.37 Å². The quantitative estimate of drug-likeness (QED) is 0.0768. The van der Waals surface area contributed by atoms with Crippen molar-refractivity contribution in [1.82, 2.24) is 25.0 Å². The number of nitrogens with one attached hydrogen (secondary N) is 2. The zero-order chi connectivity index (χ0) is 43.6. The van der Waals surface area contributed by atoms with Gasteiger partial charge in [-0.2, -0.15) is 0 Å². The molecule has 4 heterocycles. The van der Waals surface area contributed by atoms with Crippen LogP contribution >= 0.6 is 11.3 Å². The van der Waals surface area contributed by atoms with Crippen molar-refractivity contribution in [3.63, 3.8) is 0 Å². The molecule has 13 nitrogen and oxygen atoms in total. The number of thiazole rings is 1. The molecule has 1 spiro atoms. The topological polar surface area (TPSA) is 146 Å². The summed E-state index contributed by atoms with van der Waals surface area (Å²) in [5, 5.41) is 19.1. The standard InChI is InChI=1S/C47H59FN6O7S/c1-32(2)45-50-38(30-62-45)46(58)53-24-27-61-47(31-53)17-21-52(22-18-47)28-37-11-7-10-35(42(37)48)15-25-59-26-16-41(57)54(33(3)34-8-5-4-6-9-34)23-20-49-19-14-36-12-13-39(55)43-44(36)60-29-40(56)51-43/h4-13,30,32-33,49,55H,14-29,31H2,1-3H3,(H,51,56). The first-order valence-electron chi connectivity index (χ1n) is 21.8. The first-order chi connectivity index (χ1) is 30.0. The fourth-order valence-corrected chi connectivity index (χ4v) is 9.24. The summed E-state index contributed by atoms with van der Waals surface area (Å²) in [5.41, 5.74) is 3.53. The normalized spacial score (nSPS) is 16.8. The molecule has 2 fully saturated rings. The number of hydrogen-bond acceptors (Lipinski definition) is 11.